The number of nitriles is 1. The van der Waals surface area contributed by atoms with Crippen molar-refractivity contribution < 1.29 is 4.74 Å². The number of hydrogen-bond donors (Lipinski definition) is 0. The summed E-state index contributed by atoms with van der Waals surface area (Å²) in [6.45, 7) is 2.43. The van der Waals surface area contributed by atoms with E-state index in [1.807, 2.05) is 31.2 Å². The van der Waals surface area contributed by atoms with Gasteiger partial charge in [0.25, 0.3) is 0 Å². The molecule has 0 spiro atoms. The molecule has 0 aromatic heterocycles. The Morgan fingerprint density at radius 1 is 1.27 bits per heavy atom. The van der Waals surface area contributed by atoms with Crippen molar-refractivity contribution >= 4 is 0 Å². The summed E-state index contributed by atoms with van der Waals surface area (Å²) in [5.74, 6) is 6.57. The van der Waals surface area contributed by atoms with Crippen LogP contribution in [0.15, 0.2) is 24.3 Å². The lowest BCUT2D eigenvalue weighted by atomic mass is 10.2. The van der Waals surface area contributed by atoms with Crippen molar-refractivity contribution in [3.63, 3.8) is 0 Å². The minimum absolute atomic E-state index is 0.446. The monoisotopic (exact) mass is 199 g/mol. The Kier molecular flexibility index (Phi) is 4.84. The SMILES string of the molecule is CC#CCCOc1ccc(CC#N)cc1. The third kappa shape index (κ3) is 4.20. The van der Waals surface area contributed by atoms with Crippen LogP contribution in [0.25, 0.3) is 0 Å². The van der Waals surface area contributed by atoms with Gasteiger partial charge in [0.15, 0.2) is 0 Å². The molecule has 0 saturated carbocycles. The Labute approximate surface area is 90.5 Å². The van der Waals surface area contributed by atoms with Crippen LogP contribution >= 0.6 is 0 Å². The zero-order valence-electron chi connectivity index (χ0n) is 8.79. The van der Waals surface area contributed by atoms with Gasteiger partial charge in [-0.15, -0.1) is 11.8 Å². The Balaban J connectivity index is 2.42. The average Bonchev–Trinajstić information content (AvgIpc) is 2.27. The minimum atomic E-state index is 0.446. The molecular weight excluding hydrogens is 186 g/mol. The lowest BCUT2D eigenvalue weighted by molar-refractivity contribution is 0.327. The zero-order chi connectivity index (χ0) is 10.9. The maximum absolute atomic E-state index is 8.49. The molecule has 0 radical (unpaired) electrons. The number of rotatable bonds is 4. The van der Waals surface area contributed by atoms with Crippen molar-refractivity contribution in [2.75, 3.05) is 6.61 Å². The van der Waals surface area contributed by atoms with Crippen LogP contribution < -0.4 is 4.74 Å². The van der Waals surface area contributed by atoms with E-state index < -0.39 is 0 Å². The van der Waals surface area contributed by atoms with Crippen LogP contribution in [0.3, 0.4) is 0 Å². The predicted molar refractivity (Wildman–Crippen MR) is 59.3 cm³/mol. The number of ether oxygens (including phenoxy) is 1. The molecule has 0 saturated heterocycles. The molecule has 0 amide bonds. The maximum atomic E-state index is 8.49. The van der Waals surface area contributed by atoms with Gasteiger partial charge in [0.2, 0.25) is 0 Å². The Hall–Kier alpha value is -1.93. The van der Waals surface area contributed by atoms with Crippen LogP contribution in [0.2, 0.25) is 0 Å². The second-order valence-corrected chi connectivity index (χ2v) is 3.00. The van der Waals surface area contributed by atoms with Crippen LogP contribution in [-0.2, 0) is 6.42 Å². The van der Waals surface area contributed by atoms with E-state index in [1.165, 1.54) is 0 Å². The van der Waals surface area contributed by atoms with Crippen molar-refractivity contribution in [3.05, 3.63) is 29.8 Å². The lowest BCUT2D eigenvalue weighted by Gasteiger charge is -2.03. The number of hydrogen-bond acceptors (Lipinski definition) is 2. The summed E-state index contributed by atoms with van der Waals surface area (Å²) in [6.07, 6.45) is 1.19. The Morgan fingerprint density at radius 2 is 2.00 bits per heavy atom. The molecule has 0 N–H and O–H groups in total. The summed E-state index contributed by atoms with van der Waals surface area (Å²) < 4.78 is 5.46. The molecule has 0 unspecified atom stereocenters. The molecule has 0 bridgehead atoms. The second kappa shape index (κ2) is 6.51. The van der Waals surface area contributed by atoms with Gasteiger partial charge in [0, 0.05) is 6.42 Å². The highest BCUT2D eigenvalue weighted by molar-refractivity contribution is 5.28. The average molecular weight is 199 g/mol. The molecule has 2 heteroatoms. The van der Waals surface area contributed by atoms with Crippen molar-refractivity contribution in [3.8, 4) is 23.7 Å². The summed E-state index contributed by atoms with van der Waals surface area (Å²) in [7, 11) is 0. The second-order valence-electron chi connectivity index (χ2n) is 3.00. The molecule has 1 rings (SSSR count). The summed E-state index contributed by atoms with van der Waals surface area (Å²) in [6, 6.07) is 9.68. The fourth-order valence-electron chi connectivity index (χ4n) is 1.14. The molecule has 1 aromatic rings. The van der Waals surface area contributed by atoms with Gasteiger partial charge in [0.1, 0.15) is 5.75 Å². The predicted octanol–water partition coefficient (Wildman–Crippen LogP) is 2.54. The topological polar surface area (TPSA) is 33.0 Å². The van der Waals surface area contributed by atoms with Crippen molar-refractivity contribution in [1.82, 2.24) is 0 Å². The van der Waals surface area contributed by atoms with E-state index in [9.17, 15) is 0 Å². The first-order valence-corrected chi connectivity index (χ1v) is 4.85. The Morgan fingerprint density at radius 3 is 2.60 bits per heavy atom. The molecule has 0 heterocycles. The third-order valence-electron chi connectivity index (χ3n) is 1.88. The van der Waals surface area contributed by atoms with Crippen LogP contribution in [0.1, 0.15) is 18.9 Å². The smallest absolute Gasteiger partial charge is 0.119 e. The van der Waals surface area contributed by atoms with Gasteiger partial charge in [-0.2, -0.15) is 5.26 Å². The molecule has 0 atom stereocenters. The zero-order valence-corrected chi connectivity index (χ0v) is 8.79. The van der Waals surface area contributed by atoms with E-state index in [0.717, 1.165) is 17.7 Å². The summed E-state index contributed by atoms with van der Waals surface area (Å²) in [5, 5.41) is 8.49. The molecule has 0 aliphatic rings. The van der Waals surface area contributed by atoms with Crippen molar-refractivity contribution in [2.24, 2.45) is 0 Å². The van der Waals surface area contributed by atoms with Gasteiger partial charge in [-0.05, 0) is 24.6 Å². The van der Waals surface area contributed by atoms with E-state index in [2.05, 4.69) is 17.9 Å². The number of benzene rings is 1. The first-order chi connectivity index (χ1) is 7.36. The quantitative estimate of drug-likeness (QED) is 0.551. The molecule has 15 heavy (non-hydrogen) atoms. The highest BCUT2D eigenvalue weighted by atomic mass is 16.5. The third-order valence-corrected chi connectivity index (χ3v) is 1.88. The van der Waals surface area contributed by atoms with E-state index >= 15 is 0 Å². The van der Waals surface area contributed by atoms with E-state index in [4.69, 9.17) is 10.00 Å². The number of nitrogens with zero attached hydrogens (tertiary/aromatic N) is 1. The molecule has 76 valence electrons. The van der Waals surface area contributed by atoms with Crippen molar-refractivity contribution in [2.45, 2.75) is 19.8 Å². The molecule has 0 fully saturated rings. The Bertz CT molecular complexity index is 389. The normalized spacial score (nSPS) is 8.53. The summed E-state index contributed by atoms with van der Waals surface area (Å²) >= 11 is 0. The highest BCUT2D eigenvalue weighted by Crippen LogP contribution is 2.12. The van der Waals surface area contributed by atoms with E-state index in [0.29, 0.717) is 13.0 Å². The first kappa shape index (κ1) is 11.1. The van der Waals surface area contributed by atoms with Crippen LogP contribution in [-0.4, -0.2) is 6.61 Å². The molecule has 0 aliphatic heterocycles. The highest BCUT2D eigenvalue weighted by Gasteiger charge is 1.94. The molecule has 0 aliphatic carbocycles. The van der Waals surface area contributed by atoms with Gasteiger partial charge in [-0.3, -0.25) is 0 Å². The van der Waals surface area contributed by atoms with Gasteiger partial charge >= 0.3 is 0 Å². The van der Waals surface area contributed by atoms with Crippen LogP contribution in [0.5, 0.6) is 5.75 Å². The lowest BCUT2D eigenvalue weighted by Crippen LogP contribution is -1.95. The van der Waals surface area contributed by atoms with E-state index in [1.54, 1.807) is 0 Å². The fourth-order valence-corrected chi connectivity index (χ4v) is 1.14. The summed E-state index contributed by atoms with van der Waals surface area (Å²) in [5.41, 5.74) is 1.01. The van der Waals surface area contributed by atoms with Crippen LogP contribution in [0, 0.1) is 23.2 Å². The molecular formula is C13H13NO. The van der Waals surface area contributed by atoms with E-state index in [-0.39, 0.29) is 0 Å². The maximum Gasteiger partial charge on any atom is 0.119 e. The van der Waals surface area contributed by atoms with Gasteiger partial charge in [-0.1, -0.05) is 12.1 Å². The van der Waals surface area contributed by atoms with Gasteiger partial charge < -0.3 is 4.74 Å². The van der Waals surface area contributed by atoms with Crippen LogP contribution in [0.4, 0.5) is 0 Å². The van der Waals surface area contributed by atoms with Crippen molar-refractivity contribution in [1.29, 1.82) is 5.26 Å². The molecule has 2 nitrogen and oxygen atoms in total. The molecule has 1 aromatic carbocycles. The summed E-state index contributed by atoms with van der Waals surface area (Å²) in [4.78, 5) is 0. The van der Waals surface area contributed by atoms with Gasteiger partial charge in [0.05, 0.1) is 19.1 Å². The minimum Gasteiger partial charge on any atom is -0.493 e. The largest absolute Gasteiger partial charge is 0.493 e. The first-order valence-electron chi connectivity index (χ1n) is 4.85. The standard InChI is InChI=1S/C13H13NO/c1-2-3-4-11-15-13-7-5-12(6-8-13)9-10-14/h5-8H,4,9,11H2,1H3. The van der Waals surface area contributed by atoms with Gasteiger partial charge in [-0.25, -0.2) is 0 Å². The fraction of sp³-hybridized carbons (Fsp3) is 0.308.